The molecule has 1 rings (SSSR count). The number of carboxylic acids is 1. The van der Waals surface area contributed by atoms with Crippen LogP contribution in [0.1, 0.15) is 23.6 Å². The molecule has 0 saturated carbocycles. The third-order valence-electron chi connectivity index (χ3n) is 1.67. The van der Waals surface area contributed by atoms with Crippen LogP contribution in [0.4, 0.5) is 0 Å². The number of carbonyl (C=O) groups excluding carboxylic acids is 1. The molecular weight excluding hydrogens is 252 g/mol. The molecule has 0 radical (unpaired) electrons. The van der Waals surface area contributed by atoms with Crippen LogP contribution in [0.5, 0.6) is 0 Å². The van der Waals surface area contributed by atoms with E-state index in [1.165, 1.54) is 18.2 Å². The quantitative estimate of drug-likeness (QED) is 0.852. The van der Waals surface area contributed by atoms with Crippen LogP contribution >= 0.6 is 10.3 Å². The summed E-state index contributed by atoms with van der Waals surface area (Å²) >= 11 is 0. The van der Waals surface area contributed by atoms with Gasteiger partial charge < -0.3 is 12.1 Å². The van der Waals surface area contributed by atoms with Gasteiger partial charge >= 0.3 is 35.0 Å². The van der Waals surface area contributed by atoms with Crippen molar-refractivity contribution in [2.75, 3.05) is 18.8 Å². The van der Waals surface area contributed by atoms with Crippen molar-refractivity contribution in [3.05, 3.63) is 35.4 Å². The van der Waals surface area contributed by atoms with Crippen molar-refractivity contribution in [1.82, 2.24) is 0 Å². The molecule has 0 unspecified atom stereocenters. The molecule has 0 aliphatic rings. The molecule has 92 valence electrons. The molecule has 17 heavy (non-hydrogen) atoms. The molecule has 0 aliphatic carbocycles. The van der Waals surface area contributed by atoms with Gasteiger partial charge in [-0.15, -0.1) is 0 Å². The van der Waals surface area contributed by atoms with Crippen molar-refractivity contribution >= 4 is 45.3 Å². The van der Waals surface area contributed by atoms with Gasteiger partial charge in [0.15, 0.2) is 0 Å². The SMILES string of the molecule is CS(C)(C)OC(=O)c1cccc(C(=O)O)c1.[H-].[H-].[Mg+2]. The van der Waals surface area contributed by atoms with Crippen LogP contribution in [0, 0.1) is 0 Å². The first-order valence-corrected chi connectivity index (χ1v) is 7.33. The molecule has 0 atom stereocenters. The smallest absolute Gasteiger partial charge is 1.00 e. The number of carbonyl (C=O) groups is 2. The molecule has 0 spiro atoms. The molecule has 0 aliphatic heterocycles. The second-order valence-corrected chi connectivity index (χ2v) is 7.60. The van der Waals surface area contributed by atoms with Crippen molar-refractivity contribution < 1.29 is 21.7 Å². The van der Waals surface area contributed by atoms with Crippen molar-refractivity contribution in [1.29, 1.82) is 0 Å². The van der Waals surface area contributed by atoms with Gasteiger partial charge in [0.2, 0.25) is 0 Å². The van der Waals surface area contributed by atoms with E-state index in [4.69, 9.17) is 9.29 Å². The molecule has 0 fully saturated rings. The van der Waals surface area contributed by atoms with Gasteiger partial charge in [-0.25, -0.2) is 9.59 Å². The Morgan fingerprint density at radius 2 is 1.76 bits per heavy atom. The Bertz CT molecular complexity index is 435. The van der Waals surface area contributed by atoms with Gasteiger partial charge in [-0.1, -0.05) is 16.4 Å². The summed E-state index contributed by atoms with van der Waals surface area (Å²) in [5.74, 6) is -1.54. The van der Waals surface area contributed by atoms with Crippen LogP contribution in [0.15, 0.2) is 24.3 Å². The number of rotatable bonds is 3. The molecule has 0 bridgehead atoms. The van der Waals surface area contributed by atoms with Crippen LogP contribution in [0.3, 0.4) is 0 Å². The van der Waals surface area contributed by atoms with Gasteiger partial charge in [0.05, 0.1) is 11.1 Å². The Hall–Kier alpha value is -0.724. The van der Waals surface area contributed by atoms with Crippen LogP contribution in [-0.4, -0.2) is 58.9 Å². The molecule has 6 heteroatoms. The van der Waals surface area contributed by atoms with Crippen LogP contribution in [0.25, 0.3) is 0 Å². The Morgan fingerprint density at radius 3 is 2.24 bits per heavy atom. The van der Waals surface area contributed by atoms with E-state index in [-0.39, 0.29) is 37.0 Å². The minimum atomic E-state index is -1.40. The third kappa shape index (κ3) is 5.43. The van der Waals surface area contributed by atoms with Gasteiger partial charge in [-0.2, -0.15) is 0 Å². The fourth-order valence-corrected chi connectivity index (χ4v) is 1.60. The molecule has 0 amide bonds. The minimum absolute atomic E-state index is 0. The van der Waals surface area contributed by atoms with E-state index < -0.39 is 22.2 Å². The molecule has 1 N–H and O–H groups in total. The minimum Gasteiger partial charge on any atom is -1.00 e. The normalized spacial score (nSPS) is 11.2. The molecule has 4 nitrogen and oxygen atoms in total. The van der Waals surface area contributed by atoms with Gasteiger partial charge in [-0.3, -0.25) is 0 Å². The molecular formula is C11H16MgO4S. The van der Waals surface area contributed by atoms with Gasteiger partial charge in [0, 0.05) is 0 Å². The van der Waals surface area contributed by atoms with Gasteiger partial charge in [-0.05, 0) is 37.0 Å². The molecule has 0 heterocycles. The summed E-state index contributed by atoms with van der Waals surface area (Å²) in [5, 5.41) is 8.78. The first-order valence-electron chi connectivity index (χ1n) is 4.55. The predicted molar refractivity (Wildman–Crippen MR) is 72.2 cm³/mol. The topological polar surface area (TPSA) is 63.6 Å². The van der Waals surface area contributed by atoms with Crippen LogP contribution in [-0.2, 0) is 4.18 Å². The summed E-state index contributed by atoms with van der Waals surface area (Å²) < 4.78 is 5.21. The molecule has 0 aromatic heterocycles. The van der Waals surface area contributed by atoms with Crippen molar-refractivity contribution in [3.63, 3.8) is 0 Å². The summed E-state index contributed by atoms with van der Waals surface area (Å²) in [6.45, 7) is 0. The Morgan fingerprint density at radius 1 is 1.24 bits per heavy atom. The summed E-state index contributed by atoms with van der Waals surface area (Å²) in [5.41, 5.74) is 0.348. The van der Waals surface area contributed by atoms with E-state index in [2.05, 4.69) is 0 Å². The summed E-state index contributed by atoms with van der Waals surface area (Å²) in [6, 6.07) is 5.82. The monoisotopic (exact) mass is 268 g/mol. The Balaban J connectivity index is -0.000000853. The van der Waals surface area contributed by atoms with E-state index in [0.717, 1.165) is 0 Å². The first kappa shape index (κ1) is 16.3. The predicted octanol–water partition coefficient (Wildman–Crippen LogP) is 1.99. The van der Waals surface area contributed by atoms with Gasteiger partial charge in [0.1, 0.15) is 0 Å². The van der Waals surface area contributed by atoms with E-state index in [0.29, 0.717) is 0 Å². The second kappa shape index (κ2) is 6.27. The Labute approximate surface area is 121 Å². The fourth-order valence-electron chi connectivity index (χ4n) is 1.05. The first-order chi connectivity index (χ1) is 7.29. The zero-order valence-corrected chi connectivity index (χ0v) is 12.3. The number of carboxylic acid groups (broad SMARTS) is 1. The maximum Gasteiger partial charge on any atom is 2.00 e. The largest absolute Gasteiger partial charge is 2.00 e. The average Bonchev–Trinajstić information content (AvgIpc) is 2.15. The maximum atomic E-state index is 11.6. The second-order valence-electron chi connectivity index (χ2n) is 3.98. The van der Waals surface area contributed by atoms with Crippen molar-refractivity contribution in [2.45, 2.75) is 0 Å². The number of benzene rings is 1. The summed E-state index contributed by atoms with van der Waals surface area (Å²) in [7, 11) is -1.40. The maximum absolute atomic E-state index is 11.6. The number of hydrogen-bond donors (Lipinski definition) is 1. The average molecular weight is 269 g/mol. The van der Waals surface area contributed by atoms with E-state index in [1.807, 2.05) is 18.8 Å². The third-order valence-corrected chi connectivity index (χ3v) is 2.32. The summed E-state index contributed by atoms with van der Waals surface area (Å²) in [6.07, 6.45) is 5.52. The number of hydrogen-bond acceptors (Lipinski definition) is 3. The zero-order chi connectivity index (χ0) is 12.3. The van der Waals surface area contributed by atoms with E-state index >= 15 is 0 Å². The van der Waals surface area contributed by atoms with Crippen LogP contribution < -0.4 is 0 Å². The van der Waals surface area contributed by atoms with E-state index in [9.17, 15) is 9.59 Å². The van der Waals surface area contributed by atoms with Crippen LogP contribution in [0.2, 0.25) is 0 Å². The molecule has 1 aromatic rings. The fraction of sp³-hybridized carbons (Fsp3) is 0.273. The van der Waals surface area contributed by atoms with Crippen molar-refractivity contribution in [2.24, 2.45) is 0 Å². The van der Waals surface area contributed by atoms with E-state index in [1.54, 1.807) is 6.07 Å². The molecule has 0 saturated heterocycles. The summed E-state index contributed by atoms with van der Waals surface area (Å²) in [4.78, 5) is 22.4. The zero-order valence-electron chi connectivity index (χ0n) is 12.1. The molecule has 1 aromatic carbocycles. The van der Waals surface area contributed by atoms with Crippen molar-refractivity contribution in [3.8, 4) is 0 Å². The van der Waals surface area contributed by atoms with Gasteiger partial charge in [0.25, 0.3) is 0 Å². The standard InChI is InChI=1S/C11H14O4S.Mg.2H/c1-16(2,3)15-11(14)9-6-4-5-8(7-9)10(12)13;;;/h4-7H,1-3H3,(H,12,13);;;/q;+2;2*-1. The Kier molecular flexibility index (Phi) is 6.01. The number of aromatic carboxylic acids is 1.